The number of nitrogens with zero attached hydrogens (tertiary/aromatic N) is 5. The molecule has 0 aliphatic carbocycles. The minimum absolute atomic E-state index is 0.263. The Morgan fingerprint density at radius 1 is 1.23 bits per heavy atom. The first-order valence-corrected chi connectivity index (χ1v) is 8.33. The van der Waals surface area contributed by atoms with Crippen LogP contribution < -0.4 is 5.32 Å². The molecule has 4 rings (SSSR count). The predicted molar refractivity (Wildman–Crippen MR) is 96.3 cm³/mol. The summed E-state index contributed by atoms with van der Waals surface area (Å²) in [6.45, 7) is 0.435. The highest BCUT2D eigenvalue weighted by atomic mass is 35.5. The zero-order valence-corrected chi connectivity index (χ0v) is 14.3. The molecule has 0 aliphatic heterocycles. The number of H-pyrrole nitrogens is 1. The van der Waals surface area contributed by atoms with Crippen molar-refractivity contribution in [2.45, 2.75) is 6.42 Å². The van der Waals surface area contributed by atoms with Crippen LogP contribution in [0.4, 0.5) is 0 Å². The Labute approximate surface area is 153 Å². The average molecular weight is 368 g/mol. The zero-order chi connectivity index (χ0) is 17.9. The maximum Gasteiger partial charge on any atom is 0.252 e. The molecule has 8 nitrogen and oxygen atoms in total. The lowest BCUT2D eigenvalue weighted by molar-refractivity contribution is 0.0954. The van der Waals surface area contributed by atoms with E-state index in [2.05, 4.69) is 30.8 Å². The van der Waals surface area contributed by atoms with E-state index >= 15 is 0 Å². The maximum atomic E-state index is 12.5. The number of carbonyl (C=O) groups is 1. The quantitative estimate of drug-likeness (QED) is 0.563. The van der Waals surface area contributed by atoms with Gasteiger partial charge in [-0.2, -0.15) is 0 Å². The van der Waals surface area contributed by atoms with E-state index in [-0.39, 0.29) is 5.91 Å². The van der Waals surface area contributed by atoms with Crippen LogP contribution in [0.25, 0.3) is 16.7 Å². The molecule has 4 aromatic rings. The van der Waals surface area contributed by atoms with E-state index in [1.54, 1.807) is 18.2 Å². The van der Waals surface area contributed by atoms with Gasteiger partial charge in [0.2, 0.25) is 0 Å². The second-order valence-corrected chi connectivity index (χ2v) is 6.03. The summed E-state index contributed by atoms with van der Waals surface area (Å²) in [6, 6.07) is 12.8. The molecule has 0 bridgehead atoms. The molecular weight excluding hydrogens is 354 g/mol. The van der Waals surface area contributed by atoms with E-state index in [0.717, 1.165) is 16.9 Å². The molecule has 0 radical (unpaired) electrons. The van der Waals surface area contributed by atoms with Crippen molar-refractivity contribution in [2.24, 2.45) is 0 Å². The number of benzene rings is 2. The van der Waals surface area contributed by atoms with Crippen molar-refractivity contribution >= 4 is 28.5 Å². The summed E-state index contributed by atoms with van der Waals surface area (Å²) < 4.78 is 1.46. The highest BCUT2D eigenvalue weighted by Gasteiger charge is 2.12. The maximum absolute atomic E-state index is 12.5. The number of aromatic nitrogens is 6. The van der Waals surface area contributed by atoms with E-state index in [1.807, 2.05) is 24.3 Å². The SMILES string of the molecule is O=C(NCCc1nc2ccccc2[nH]1)c1cc(-n2cnnn2)ccc1Cl. The van der Waals surface area contributed by atoms with E-state index in [1.165, 1.54) is 11.0 Å². The first kappa shape index (κ1) is 16.2. The van der Waals surface area contributed by atoms with Gasteiger partial charge < -0.3 is 10.3 Å². The molecule has 0 aliphatic rings. The van der Waals surface area contributed by atoms with Gasteiger partial charge in [-0.1, -0.05) is 23.7 Å². The highest BCUT2D eigenvalue weighted by molar-refractivity contribution is 6.33. The number of nitrogens with one attached hydrogen (secondary N) is 2. The van der Waals surface area contributed by atoms with Gasteiger partial charge in [0.05, 0.1) is 27.3 Å². The van der Waals surface area contributed by atoms with Gasteiger partial charge in [-0.15, -0.1) is 5.10 Å². The van der Waals surface area contributed by atoms with Crippen LogP contribution in [0.1, 0.15) is 16.2 Å². The van der Waals surface area contributed by atoms with Crippen molar-refractivity contribution in [3.63, 3.8) is 0 Å². The molecule has 2 heterocycles. The lowest BCUT2D eigenvalue weighted by Gasteiger charge is -2.08. The molecule has 130 valence electrons. The third-order valence-corrected chi connectivity index (χ3v) is 4.22. The molecule has 0 saturated carbocycles. The van der Waals surface area contributed by atoms with Gasteiger partial charge in [-0.25, -0.2) is 9.67 Å². The lowest BCUT2D eigenvalue weighted by Crippen LogP contribution is -2.26. The molecule has 2 N–H and O–H groups in total. The van der Waals surface area contributed by atoms with E-state index in [9.17, 15) is 4.79 Å². The molecule has 0 saturated heterocycles. The number of carbonyl (C=O) groups excluding carboxylic acids is 1. The molecule has 0 spiro atoms. The van der Waals surface area contributed by atoms with E-state index in [4.69, 9.17) is 11.6 Å². The summed E-state index contributed by atoms with van der Waals surface area (Å²) in [5, 5.41) is 14.2. The number of amides is 1. The number of hydrogen-bond acceptors (Lipinski definition) is 5. The standard InChI is InChI=1S/C17H14ClN7O/c18-13-6-5-11(25-10-20-23-24-25)9-12(13)17(26)19-8-7-16-21-14-3-1-2-4-15(14)22-16/h1-6,9-10H,7-8H2,(H,19,26)(H,21,22). The van der Waals surface area contributed by atoms with Crippen molar-refractivity contribution in [1.82, 2.24) is 35.5 Å². The van der Waals surface area contributed by atoms with Gasteiger partial charge >= 0.3 is 0 Å². The Balaban J connectivity index is 1.44. The van der Waals surface area contributed by atoms with Gasteiger partial charge in [-0.05, 0) is 40.8 Å². The van der Waals surface area contributed by atoms with Crippen molar-refractivity contribution in [3.05, 3.63) is 65.2 Å². The first-order valence-electron chi connectivity index (χ1n) is 7.95. The van der Waals surface area contributed by atoms with Crippen molar-refractivity contribution in [2.75, 3.05) is 6.54 Å². The number of para-hydroxylation sites is 2. The lowest BCUT2D eigenvalue weighted by atomic mass is 10.2. The normalized spacial score (nSPS) is 11.0. The monoisotopic (exact) mass is 367 g/mol. The topological polar surface area (TPSA) is 101 Å². The van der Waals surface area contributed by atoms with Crippen molar-refractivity contribution in [1.29, 1.82) is 0 Å². The smallest absolute Gasteiger partial charge is 0.252 e. The molecule has 0 fully saturated rings. The number of rotatable bonds is 5. The fourth-order valence-electron chi connectivity index (χ4n) is 2.62. The highest BCUT2D eigenvalue weighted by Crippen LogP contribution is 2.19. The summed E-state index contributed by atoms with van der Waals surface area (Å²) in [6.07, 6.45) is 2.04. The van der Waals surface area contributed by atoms with Gasteiger partial charge in [-0.3, -0.25) is 4.79 Å². The molecular formula is C17H14ClN7O. The van der Waals surface area contributed by atoms with Gasteiger partial charge in [0, 0.05) is 13.0 Å². The van der Waals surface area contributed by atoms with E-state index < -0.39 is 0 Å². The minimum Gasteiger partial charge on any atom is -0.352 e. The fraction of sp³-hybridized carbons (Fsp3) is 0.118. The van der Waals surface area contributed by atoms with Crippen LogP contribution in [0, 0.1) is 0 Å². The van der Waals surface area contributed by atoms with Crippen LogP contribution in [0.2, 0.25) is 5.02 Å². The molecule has 1 amide bonds. The Hall–Kier alpha value is -3.26. The number of tetrazole rings is 1. The number of hydrogen-bond donors (Lipinski definition) is 2. The average Bonchev–Trinajstić information content (AvgIpc) is 3.31. The molecule has 26 heavy (non-hydrogen) atoms. The van der Waals surface area contributed by atoms with E-state index in [0.29, 0.717) is 29.2 Å². The summed E-state index contributed by atoms with van der Waals surface area (Å²) in [5.74, 6) is 0.557. The Morgan fingerprint density at radius 3 is 2.92 bits per heavy atom. The predicted octanol–water partition coefficient (Wildman–Crippen LogP) is 2.16. The molecule has 9 heteroatoms. The largest absolute Gasteiger partial charge is 0.352 e. The number of fused-ring (bicyclic) bond motifs is 1. The van der Waals surface area contributed by atoms with Gasteiger partial charge in [0.15, 0.2) is 0 Å². The minimum atomic E-state index is -0.263. The third kappa shape index (κ3) is 3.27. The Kier molecular flexibility index (Phi) is 4.32. The zero-order valence-electron chi connectivity index (χ0n) is 13.6. The summed E-state index contributed by atoms with van der Waals surface area (Å²) in [4.78, 5) is 20.2. The summed E-state index contributed by atoms with van der Waals surface area (Å²) in [7, 11) is 0. The summed E-state index contributed by atoms with van der Waals surface area (Å²) >= 11 is 6.16. The van der Waals surface area contributed by atoms with Crippen LogP contribution in [0.5, 0.6) is 0 Å². The van der Waals surface area contributed by atoms with Crippen LogP contribution >= 0.6 is 11.6 Å². The second kappa shape index (κ2) is 6.93. The molecule has 2 aromatic carbocycles. The van der Waals surface area contributed by atoms with Gasteiger partial charge in [0.25, 0.3) is 5.91 Å². The van der Waals surface area contributed by atoms with Crippen molar-refractivity contribution in [3.8, 4) is 5.69 Å². The first-order chi connectivity index (χ1) is 12.7. The van der Waals surface area contributed by atoms with Crippen LogP contribution in [-0.4, -0.2) is 42.6 Å². The number of imidazole rings is 1. The Morgan fingerprint density at radius 2 is 2.12 bits per heavy atom. The van der Waals surface area contributed by atoms with Gasteiger partial charge in [0.1, 0.15) is 12.2 Å². The molecule has 0 atom stereocenters. The fourth-order valence-corrected chi connectivity index (χ4v) is 2.83. The summed E-state index contributed by atoms with van der Waals surface area (Å²) in [5.41, 5.74) is 2.91. The van der Waals surface area contributed by atoms with Crippen LogP contribution in [-0.2, 0) is 6.42 Å². The van der Waals surface area contributed by atoms with Crippen molar-refractivity contribution < 1.29 is 4.79 Å². The number of halogens is 1. The third-order valence-electron chi connectivity index (χ3n) is 3.89. The Bertz CT molecular complexity index is 1030. The number of aromatic amines is 1. The second-order valence-electron chi connectivity index (χ2n) is 5.63. The molecule has 2 aromatic heterocycles. The van der Waals surface area contributed by atoms with Crippen LogP contribution in [0.15, 0.2) is 48.8 Å². The molecule has 0 unspecified atom stereocenters. The van der Waals surface area contributed by atoms with Crippen LogP contribution in [0.3, 0.4) is 0 Å².